The van der Waals surface area contributed by atoms with E-state index in [0.717, 1.165) is 62.6 Å². The Hall–Kier alpha value is -1.25. The maximum absolute atomic E-state index is 12.7. The number of aryl methyl sites for hydroxylation is 2. The highest BCUT2D eigenvalue weighted by atomic mass is 32.2. The van der Waals surface area contributed by atoms with Gasteiger partial charge in [-0.3, -0.25) is 4.79 Å². The minimum Gasteiger partial charge on any atom is -0.268 e. The van der Waals surface area contributed by atoms with E-state index < -0.39 is 10.2 Å². The molecule has 0 saturated carbocycles. The molecule has 0 aromatic carbocycles. The summed E-state index contributed by atoms with van der Waals surface area (Å²) in [7, 11) is -3.34. The van der Waals surface area contributed by atoms with Gasteiger partial charge in [0.15, 0.2) is 0 Å². The van der Waals surface area contributed by atoms with Crippen LogP contribution in [0.3, 0.4) is 0 Å². The Bertz CT molecular complexity index is 806. The average molecular weight is 381 g/mol. The normalized spacial score (nSPS) is 23.2. The molecule has 1 aliphatic carbocycles. The van der Waals surface area contributed by atoms with Gasteiger partial charge in [0.05, 0.1) is 12.2 Å². The van der Waals surface area contributed by atoms with Crippen molar-refractivity contribution < 1.29 is 8.42 Å². The zero-order chi connectivity index (χ0) is 18.1. The molecule has 2 saturated heterocycles. The van der Waals surface area contributed by atoms with E-state index in [-0.39, 0.29) is 11.5 Å². The molecule has 8 heteroatoms. The Labute approximate surface area is 155 Å². The third-order valence-corrected chi connectivity index (χ3v) is 7.81. The quantitative estimate of drug-likeness (QED) is 0.786. The van der Waals surface area contributed by atoms with Crippen LogP contribution in [0.2, 0.25) is 0 Å². The summed E-state index contributed by atoms with van der Waals surface area (Å²) in [5.74, 6) is 0.170. The predicted octanol–water partition coefficient (Wildman–Crippen LogP) is 1.17. The van der Waals surface area contributed by atoms with Crippen LogP contribution in [0.4, 0.5) is 0 Å². The highest BCUT2D eigenvalue weighted by Crippen LogP contribution is 2.25. The van der Waals surface area contributed by atoms with Crippen molar-refractivity contribution in [3.63, 3.8) is 0 Å². The van der Waals surface area contributed by atoms with E-state index >= 15 is 0 Å². The van der Waals surface area contributed by atoms with Gasteiger partial charge >= 0.3 is 0 Å². The van der Waals surface area contributed by atoms with E-state index in [4.69, 9.17) is 0 Å². The molecule has 144 valence electrons. The van der Waals surface area contributed by atoms with Crippen molar-refractivity contribution in [2.24, 2.45) is 5.92 Å². The third-order valence-electron chi connectivity index (χ3n) is 5.85. The lowest BCUT2D eigenvalue weighted by atomic mass is 9.97. The second-order valence-electron chi connectivity index (χ2n) is 7.85. The van der Waals surface area contributed by atoms with Gasteiger partial charge in [0, 0.05) is 38.2 Å². The molecule has 4 rings (SSSR count). The minimum atomic E-state index is -3.34. The molecule has 3 heterocycles. The summed E-state index contributed by atoms with van der Waals surface area (Å²) in [5, 5.41) is 4.55. The van der Waals surface area contributed by atoms with Gasteiger partial charge in [-0.1, -0.05) is 12.8 Å². The van der Waals surface area contributed by atoms with Gasteiger partial charge in [0.25, 0.3) is 15.8 Å². The molecule has 2 fully saturated rings. The fourth-order valence-electron chi connectivity index (χ4n) is 4.24. The molecule has 26 heavy (non-hydrogen) atoms. The summed E-state index contributed by atoms with van der Waals surface area (Å²) in [4.78, 5) is 12.3. The molecule has 0 bridgehead atoms. The number of hydrogen-bond donors (Lipinski definition) is 0. The van der Waals surface area contributed by atoms with Gasteiger partial charge in [0.2, 0.25) is 0 Å². The predicted molar refractivity (Wildman–Crippen MR) is 99.2 cm³/mol. The largest absolute Gasteiger partial charge is 0.281 e. The molecule has 3 aliphatic rings. The van der Waals surface area contributed by atoms with Crippen molar-refractivity contribution in [3.8, 4) is 0 Å². The summed E-state index contributed by atoms with van der Waals surface area (Å²) in [6, 6.07) is 1.73. The summed E-state index contributed by atoms with van der Waals surface area (Å²) in [6.07, 6.45) is 8.27. The lowest BCUT2D eigenvalue weighted by Crippen LogP contribution is -2.56. The number of fused-ring (bicyclic) bond motifs is 1. The molecule has 0 spiro atoms. The zero-order valence-electron chi connectivity index (χ0n) is 15.3. The van der Waals surface area contributed by atoms with Gasteiger partial charge in [-0.05, 0) is 44.1 Å². The van der Waals surface area contributed by atoms with Crippen molar-refractivity contribution >= 4 is 10.2 Å². The third kappa shape index (κ3) is 3.59. The van der Waals surface area contributed by atoms with Gasteiger partial charge in [0.1, 0.15) is 0 Å². The molecule has 2 aliphatic heterocycles. The second-order valence-corrected chi connectivity index (χ2v) is 9.78. The number of aromatic nitrogens is 2. The number of rotatable bonds is 4. The van der Waals surface area contributed by atoms with Gasteiger partial charge in [-0.15, -0.1) is 0 Å². The van der Waals surface area contributed by atoms with Crippen LogP contribution in [-0.2, 0) is 29.6 Å². The van der Waals surface area contributed by atoms with E-state index in [1.165, 1.54) is 0 Å². The van der Waals surface area contributed by atoms with Crippen LogP contribution in [0.5, 0.6) is 0 Å². The smallest absolute Gasteiger partial charge is 0.268 e. The van der Waals surface area contributed by atoms with Crippen LogP contribution in [0, 0.1) is 5.92 Å². The SMILES string of the molecule is O=c1cc2c(nn1CC1CN(S(=O)(=O)N3CCCCCC3)C1)CCCC2. The lowest BCUT2D eigenvalue weighted by molar-refractivity contribution is 0.160. The fraction of sp³-hybridized carbons (Fsp3) is 0.778. The summed E-state index contributed by atoms with van der Waals surface area (Å²) < 4.78 is 30.2. The zero-order valence-corrected chi connectivity index (χ0v) is 16.1. The van der Waals surface area contributed by atoms with Crippen molar-refractivity contribution in [1.82, 2.24) is 18.4 Å². The summed E-state index contributed by atoms with van der Waals surface area (Å²) >= 11 is 0. The van der Waals surface area contributed by atoms with Crippen LogP contribution in [-0.4, -0.2) is 53.0 Å². The van der Waals surface area contributed by atoms with E-state index in [1.54, 1.807) is 19.4 Å². The van der Waals surface area contributed by atoms with E-state index in [2.05, 4.69) is 5.10 Å². The van der Waals surface area contributed by atoms with Gasteiger partial charge in [-0.25, -0.2) is 4.68 Å². The molecule has 0 atom stereocenters. The van der Waals surface area contributed by atoms with E-state index in [0.29, 0.717) is 32.7 Å². The van der Waals surface area contributed by atoms with E-state index in [1.807, 2.05) is 0 Å². The van der Waals surface area contributed by atoms with Crippen LogP contribution >= 0.6 is 0 Å². The molecular formula is C18H28N4O3S. The molecule has 1 aromatic heterocycles. The maximum Gasteiger partial charge on any atom is 0.281 e. The summed E-state index contributed by atoms with van der Waals surface area (Å²) in [5.41, 5.74) is 2.08. The van der Waals surface area contributed by atoms with Crippen molar-refractivity contribution in [3.05, 3.63) is 27.7 Å². The molecule has 1 aromatic rings. The molecule has 0 unspecified atom stereocenters. The Balaban J connectivity index is 1.38. The second kappa shape index (κ2) is 7.40. The number of hydrogen-bond acceptors (Lipinski definition) is 4. The van der Waals surface area contributed by atoms with Crippen LogP contribution < -0.4 is 5.56 Å². The fourth-order valence-corrected chi connectivity index (χ4v) is 6.08. The molecular weight excluding hydrogens is 352 g/mol. The first kappa shape index (κ1) is 18.1. The van der Waals surface area contributed by atoms with Crippen LogP contribution in [0.15, 0.2) is 10.9 Å². The average Bonchev–Trinajstić information content (AvgIpc) is 2.87. The van der Waals surface area contributed by atoms with Crippen molar-refractivity contribution in [2.45, 2.75) is 57.9 Å². The standard InChI is InChI=1S/C18H28N4O3S/c23-18-11-16-7-3-4-8-17(16)19-22(18)14-15-12-21(13-15)26(24,25)20-9-5-1-2-6-10-20/h11,15H,1-10,12-14H2. The highest BCUT2D eigenvalue weighted by molar-refractivity contribution is 7.86. The van der Waals surface area contributed by atoms with E-state index in [9.17, 15) is 13.2 Å². The number of nitrogens with zero attached hydrogens (tertiary/aromatic N) is 4. The highest BCUT2D eigenvalue weighted by Gasteiger charge is 2.39. The first-order valence-electron chi connectivity index (χ1n) is 9.89. The maximum atomic E-state index is 12.7. The first-order chi connectivity index (χ1) is 12.5. The monoisotopic (exact) mass is 380 g/mol. The molecule has 7 nitrogen and oxygen atoms in total. The van der Waals surface area contributed by atoms with Crippen molar-refractivity contribution in [1.29, 1.82) is 0 Å². The Morgan fingerprint density at radius 1 is 0.962 bits per heavy atom. The molecule has 0 amide bonds. The van der Waals surface area contributed by atoms with Gasteiger partial charge in [-0.2, -0.15) is 22.1 Å². The van der Waals surface area contributed by atoms with Crippen molar-refractivity contribution in [2.75, 3.05) is 26.2 Å². The minimum absolute atomic E-state index is 0.0560. The topological polar surface area (TPSA) is 75.5 Å². The Morgan fingerprint density at radius 2 is 1.65 bits per heavy atom. The van der Waals surface area contributed by atoms with Crippen LogP contribution in [0.25, 0.3) is 0 Å². The summed E-state index contributed by atoms with van der Waals surface area (Å²) in [6.45, 7) is 2.76. The van der Waals surface area contributed by atoms with Gasteiger partial charge < -0.3 is 0 Å². The lowest BCUT2D eigenvalue weighted by Gasteiger charge is -2.40. The van der Waals surface area contributed by atoms with Crippen LogP contribution in [0.1, 0.15) is 49.8 Å². The molecule has 0 N–H and O–H groups in total. The molecule has 0 radical (unpaired) electrons. The Morgan fingerprint density at radius 3 is 2.38 bits per heavy atom. The first-order valence-corrected chi connectivity index (χ1v) is 11.3. The Kier molecular flexibility index (Phi) is 5.16.